The number of nitrogens with zero attached hydrogens (tertiary/aromatic N) is 1. The van der Waals surface area contributed by atoms with Crippen LogP contribution in [0.25, 0.3) is 0 Å². The molecule has 0 aliphatic rings. The number of carbonyl (C=O) groups is 3. The number of ether oxygens (including phenoxy) is 2. The molecule has 0 heterocycles. The second-order valence-corrected chi connectivity index (χ2v) is 4.61. The summed E-state index contributed by atoms with van der Waals surface area (Å²) < 4.78 is 9.69. The molecule has 8 nitrogen and oxygen atoms in total. The van der Waals surface area contributed by atoms with Gasteiger partial charge in [0.15, 0.2) is 0 Å². The smallest absolute Gasteiger partial charge is 0.325 e. The van der Waals surface area contributed by atoms with Gasteiger partial charge in [0.25, 0.3) is 0 Å². The van der Waals surface area contributed by atoms with Gasteiger partial charge < -0.3 is 24.8 Å². The third-order valence-electron chi connectivity index (χ3n) is 2.60. The largest absolute Gasteiger partial charge is 0.481 e. The normalized spacial score (nSPS) is 11.6. The van der Waals surface area contributed by atoms with Crippen LogP contribution in [-0.2, 0) is 19.1 Å². The molecule has 0 aliphatic heterocycles. The first-order chi connectivity index (χ1) is 9.90. The van der Waals surface area contributed by atoms with Crippen LogP contribution in [0.1, 0.15) is 20.3 Å². The second-order valence-electron chi connectivity index (χ2n) is 4.61. The molecule has 0 bridgehead atoms. The Morgan fingerprint density at radius 3 is 2.52 bits per heavy atom. The highest BCUT2D eigenvalue weighted by molar-refractivity contribution is 5.81. The summed E-state index contributed by atoms with van der Waals surface area (Å²) in [5, 5.41) is 11.3. The zero-order valence-electron chi connectivity index (χ0n) is 12.8. The summed E-state index contributed by atoms with van der Waals surface area (Å²) in [5.74, 6) is -1.61. The third kappa shape index (κ3) is 9.67. The molecule has 8 heteroatoms. The Bertz CT molecular complexity index is 348. The predicted molar refractivity (Wildman–Crippen MR) is 74.9 cm³/mol. The maximum atomic E-state index is 12.0. The van der Waals surface area contributed by atoms with E-state index in [1.54, 1.807) is 13.8 Å². The summed E-state index contributed by atoms with van der Waals surface area (Å²) in [4.78, 5) is 35.2. The number of esters is 1. The lowest BCUT2D eigenvalue weighted by Crippen LogP contribution is -2.45. The first-order valence-electron chi connectivity index (χ1n) is 6.79. The lowest BCUT2D eigenvalue weighted by molar-refractivity contribution is -0.143. The molecule has 2 amide bonds. The van der Waals surface area contributed by atoms with E-state index in [2.05, 4.69) is 5.32 Å². The Hall–Kier alpha value is -1.83. The number of carboxylic acid groups (broad SMARTS) is 1. The van der Waals surface area contributed by atoms with E-state index in [1.807, 2.05) is 0 Å². The van der Waals surface area contributed by atoms with Gasteiger partial charge in [-0.25, -0.2) is 4.79 Å². The molecular formula is C13H24N2O6. The Labute approximate surface area is 124 Å². The van der Waals surface area contributed by atoms with Crippen LogP contribution < -0.4 is 5.32 Å². The molecule has 0 aromatic rings. The zero-order valence-corrected chi connectivity index (χ0v) is 12.8. The van der Waals surface area contributed by atoms with Crippen LogP contribution in [0.15, 0.2) is 0 Å². The number of hydrogen-bond donors (Lipinski definition) is 2. The van der Waals surface area contributed by atoms with Crippen LogP contribution in [0, 0.1) is 5.92 Å². The topological polar surface area (TPSA) is 105 Å². The highest BCUT2D eigenvalue weighted by Gasteiger charge is 2.18. The highest BCUT2D eigenvalue weighted by atomic mass is 16.5. The lowest BCUT2D eigenvalue weighted by Gasteiger charge is -2.22. The van der Waals surface area contributed by atoms with E-state index in [1.165, 1.54) is 12.0 Å². The summed E-state index contributed by atoms with van der Waals surface area (Å²) >= 11 is 0. The van der Waals surface area contributed by atoms with Crippen molar-refractivity contribution in [1.29, 1.82) is 0 Å². The van der Waals surface area contributed by atoms with Crippen molar-refractivity contribution in [2.24, 2.45) is 5.92 Å². The maximum Gasteiger partial charge on any atom is 0.325 e. The number of carboxylic acids is 1. The van der Waals surface area contributed by atoms with Gasteiger partial charge in [-0.2, -0.15) is 0 Å². The summed E-state index contributed by atoms with van der Waals surface area (Å²) in [6.07, 6.45) is -0.0315. The molecule has 0 saturated heterocycles. The molecule has 0 rings (SSSR count). The monoisotopic (exact) mass is 304 g/mol. The predicted octanol–water partition coefficient (Wildman–Crippen LogP) is 0.318. The van der Waals surface area contributed by atoms with Crippen LogP contribution in [0.4, 0.5) is 4.79 Å². The molecule has 21 heavy (non-hydrogen) atoms. The number of aliphatic carboxylic acids is 1. The van der Waals surface area contributed by atoms with Gasteiger partial charge in [0.1, 0.15) is 6.54 Å². The number of carbonyl (C=O) groups excluding carboxylic acids is 2. The molecular weight excluding hydrogens is 280 g/mol. The third-order valence-corrected chi connectivity index (χ3v) is 2.60. The molecule has 0 radical (unpaired) electrons. The first kappa shape index (κ1) is 19.2. The van der Waals surface area contributed by atoms with Crippen molar-refractivity contribution >= 4 is 18.0 Å². The number of rotatable bonds is 10. The van der Waals surface area contributed by atoms with E-state index < -0.39 is 18.0 Å². The summed E-state index contributed by atoms with van der Waals surface area (Å²) in [5.41, 5.74) is 0. The minimum absolute atomic E-state index is 0.0315. The van der Waals surface area contributed by atoms with Gasteiger partial charge in [-0.15, -0.1) is 0 Å². The Kier molecular flexibility index (Phi) is 9.95. The van der Waals surface area contributed by atoms with E-state index in [0.717, 1.165) is 0 Å². The number of amides is 2. The molecule has 1 unspecified atom stereocenters. The van der Waals surface area contributed by atoms with E-state index in [9.17, 15) is 14.4 Å². The summed E-state index contributed by atoms with van der Waals surface area (Å²) in [7, 11) is 1.50. The summed E-state index contributed by atoms with van der Waals surface area (Å²) in [6, 6.07) is -0.447. The average Bonchev–Trinajstić information content (AvgIpc) is 2.40. The van der Waals surface area contributed by atoms with Gasteiger partial charge in [0, 0.05) is 26.6 Å². The van der Waals surface area contributed by atoms with Crippen molar-refractivity contribution in [2.45, 2.75) is 20.3 Å². The first-order valence-corrected chi connectivity index (χ1v) is 6.79. The van der Waals surface area contributed by atoms with E-state index in [4.69, 9.17) is 14.6 Å². The molecule has 122 valence electrons. The molecule has 2 N–H and O–H groups in total. The molecule has 0 aromatic carbocycles. The van der Waals surface area contributed by atoms with Gasteiger partial charge in [0.05, 0.1) is 13.2 Å². The van der Waals surface area contributed by atoms with Gasteiger partial charge in [-0.05, 0) is 12.8 Å². The Morgan fingerprint density at radius 2 is 2.00 bits per heavy atom. The second kappa shape index (κ2) is 10.9. The van der Waals surface area contributed by atoms with Crippen LogP contribution >= 0.6 is 0 Å². The quantitative estimate of drug-likeness (QED) is 0.563. The fraction of sp³-hybridized carbons (Fsp3) is 0.769. The van der Waals surface area contributed by atoms with Crippen molar-refractivity contribution in [3.63, 3.8) is 0 Å². The average molecular weight is 304 g/mol. The molecule has 0 saturated carbocycles. The van der Waals surface area contributed by atoms with Crippen LogP contribution in [0.3, 0.4) is 0 Å². The SMILES string of the molecule is CCOC(=O)CN(CCOC)C(=O)NCC(C)CC(=O)O. The standard InChI is InChI=1S/C13H24N2O6/c1-4-21-12(18)9-15(5-6-20-3)13(19)14-8-10(2)7-11(16)17/h10H,4-9H2,1-3H3,(H,14,19)(H,16,17). The molecule has 0 aliphatic carbocycles. The van der Waals surface area contributed by atoms with Crippen LogP contribution in [0.2, 0.25) is 0 Å². The lowest BCUT2D eigenvalue weighted by atomic mass is 10.1. The molecule has 0 spiro atoms. The minimum Gasteiger partial charge on any atom is -0.481 e. The Balaban J connectivity index is 4.35. The van der Waals surface area contributed by atoms with E-state index in [0.29, 0.717) is 0 Å². The molecule has 0 fully saturated rings. The van der Waals surface area contributed by atoms with Crippen molar-refractivity contribution in [2.75, 3.05) is 40.0 Å². The van der Waals surface area contributed by atoms with Crippen molar-refractivity contribution in [1.82, 2.24) is 10.2 Å². The number of hydrogen-bond acceptors (Lipinski definition) is 5. The maximum absolute atomic E-state index is 12.0. The van der Waals surface area contributed by atoms with E-state index in [-0.39, 0.29) is 45.2 Å². The molecule has 1 atom stereocenters. The fourth-order valence-corrected chi connectivity index (χ4v) is 1.56. The zero-order chi connectivity index (χ0) is 16.3. The van der Waals surface area contributed by atoms with Gasteiger partial charge in [-0.1, -0.05) is 6.92 Å². The Morgan fingerprint density at radius 1 is 1.33 bits per heavy atom. The number of urea groups is 1. The van der Waals surface area contributed by atoms with Crippen molar-refractivity contribution in [3.05, 3.63) is 0 Å². The summed E-state index contributed by atoms with van der Waals surface area (Å²) in [6.45, 7) is 4.23. The van der Waals surface area contributed by atoms with Crippen molar-refractivity contribution < 1.29 is 29.0 Å². The minimum atomic E-state index is -0.917. The van der Waals surface area contributed by atoms with Gasteiger partial charge in [-0.3, -0.25) is 9.59 Å². The fourth-order valence-electron chi connectivity index (χ4n) is 1.56. The van der Waals surface area contributed by atoms with Crippen LogP contribution in [0.5, 0.6) is 0 Å². The van der Waals surface area contributed by atoms with Gasteiger partial charge in [0.2, 0.25) is 0 Å². The highest BCUT2D eigenvalue weighted by Crippen LogP contribution is 2.00. The van der Waals surface area contributed by atoms with Crippen LogP contribution in [-0.4, -0.2) is 67.9 Å². The number of methoxy groups -OCH3 is 1. The van der Waals surface area contributed by atoms with Gasteiger partial charge >= 0.3 is 18.0 Å². The van der Waals surface area contributed by atoms with E-state index >= 15 is 0 Å². The van der Waals surface area contributed by atoms with Crippen molar-refractivity contribution in [3.8, 4) is 0 Å². The number of nitrogens with one attached hydrogen (secondary N) is 1. The molecule has 0 aromatic heterocycles.